The lowest BCUT2D eigenvalue weighted by molar-refractivity contribution is 0.0621. The normalized spacial score (nSPS) is 19.3. The van der Waals surface area contributed by atoms with E-state index in [2.05, 4.69) is 5.43 Å². The molecule has 1 amide bonds. The number of aliphatic hydroxyl groups excluding tert-OH is 1. The van der Waals surface area contributed by atoms with Crippen LogP contribution in [0.4, 0.5) is 5.69 Å². The molecular formula is C14H21N3O2. The second-order valence-electron chi connectivity index (χ2n) is 5.14. The Morgan fingerprint density at radius 2 is 2.37 bits per heavy atom. The first-order chi connectivity index (χ1) is 9.15. The summed E-state index contributed by atoms with van der Waals surface area (Å²) >= 11 is 0. The van der Waals surface area contributed by atoms with Crippen molar-refractivity contribution in [1.82, 2.24) is 4.90 Å². The average Bonchev–Trinajstić information content (AvgIpc) is 2.46. The van der Waals surface area contributed by atoms with Crippen molar-refractivity contribution in [3.8, 4) is 0 Å². The predicted octanol–water partition coefficient (Wildman–Crippen LogP) is 1.13. The van der Waals surface area contributed by atoms with Gasteiger partial charge in [-0.25, -0.2) is 0 Å². The number of aliphatic hydroxyl groups is 1. The monoisotopic (exact) mass is 263 g/mol. The van der Waals surface area contributed by atoms with Gasteiger partial charge in [-0.1, -0.05) is 11.6 Å². The van der Waals surface area contributed by atoms with Gasteiger partial charge in [0.1, 0.15) is 0 Å². The highest BCUT2D eigenvalue weighted by Crippen LogP contribution is 2.22. The van der Waals surface area contributed by atoms with Gasteiger partial charge in [0.25, 0.3) is 5.91 Å². The topological polar surface area (TPSA) is 78.6 Å². The van der Waals surface area contributed by atoms with Crippen molar-refractivity contribution in [3.05, 3.63) is 29.3 Å². The summed E-state index contributed by atoms with van der Waals surface area (Å²) in [7, 11) is 0. The summed E-state index contributed by atoms with van der Waals surface area (Å²) in [6.45, 7) is 3.45. The number of nitrogens with one attached hydrogen (secondary N) is 1. The number of rotatable bonds is 3. The molecule has 1 atom stereocenters. The maximum Gasteiger partial charge on any atom is 0.256 e. The Labute approximate surface area is 113 Å². The fourth-order valence-corrected chi connectivity index (χ4v) is 2.53. The number of nitrogens with two attached hydrogens (primary N) is 1. The van der Waals surface area contributed by atoms with Gasteiger partial charge in [-0.05, 0) is 37.8 Å². The number of piperidine rings is 1. The van der Waals surface area contributed by atoms with E-state index < -0.39 is 0 Å². The van der Waals surface area contributed by atoms with Gasteiger partial charge in [0, 0.05) is 19.7 Å². The highest BCUT2D eigenvalue weighted by Gasteiger charge is 2.25. The first kappa shape index (κ1) is 13.8. The number of hydrogen-bond donors (Lipinski definition) is 3. The van der Waals surface area contributed by atoms with E-state index in [1.807, 2.05) is 25.1 Å². The summed E-state index contributed by atoms with van der Waals surface area (Å²) in [4.78, 5) is 14.3. The van der Waals surface area contributed by atoms with E-state index >= 15 is 0 Å². The Morgan fingerprint density at radius 1 is 1.58 bits per heavy atom. The van der Waals surface area contributed by atoms with Crippen LogP contribution in [0.15, 0.2) is 18.2 Å². The standard InChI is InChI=1S/C14H21N3O2/c1-10-4-5-13(16-15)12(7-10)14(19)17-6-2-3-11(8-17)9-18/h4-5,7,11,16,18H,2-3,6,8-9,15H2,1H3. The molecule has 0 aromatic heterocycles. The van der Waals surface area contributed by atoms with Gasteiger partial charge in [0.2, 0.25) is 0 Å². The van der Waals surface area contributed by atoms with Crippen molar-refractivity contribution in [2.45, 2.75) is 19.8 Å². The van der Waals surface area contributed by atoms with Crippen molar-refractivity contribution in [2.24, 2.45) is 11.8 Å². The van der Waals surface area contributed by atoms with E-state index in [-0.39, 0.29) is 18.4 Å². The van der Waals surface area contributed by atoms with Crippen LogP contribution in [-0.4, -0.2) is 35.6 Å². The molecule has 5 nitrogen and oxygen atoms in total. The minimum atomic E-state index is -0.0187. The van der Waals surface area contributed by atoms with Gasteiger partial charge in [0.15, 0.2) is 0 Å². The number of anilines is 1. The average molecular weight is 263 g/mol. The number of amides is 1. The Morgan fingerprint density at radius 3 is 3.05 bits per heavy atom. The fourth-order valence-electron chi connectivity index (χ4n) is 2.53. The Bertz CT molecular complexity index is 462. The largest absolute Gasteiger partial charge is 0.396 e. The lowest BCUT2D eigenvalue weighted by Crippen LogP contribution is -2.41. The van der Waals surface area contributed by atoms with Crippen molar-refractivity contribution >= 4 is 11.6 Å². The minimum Gasteiger partial charge on any atom is -0.396 e. The van der Waals surface area contributed by atoms with Crippen LogP contribution in [0.5, 0.6) is 0 Å². The maximum absolute atomic E-state index is 12.5. The van der Waals surface area contributed by atoms with Crippen LogP contribution in [0.1, 0.15) is 28.8 Å². The zero-order valence-corrected chi connectivity index (χ0v) is 11.2. The summed E-state index contributed by atoms with van der Waals surface area (Å²) in [6.07, 6.45) is 1.92. The molecule has 1 unspecified atom stereocenters. The molecule has 0 saturated carbocycles. The molecule has 0 aliphatic carbocycles. The van der Waals surface area contributed by atoms with Crippen LogP contribution in [-0.2, 0) is 0 Å². The van der Waals surface area contributed by atoms with Gasteiger partial charge in [-0.3, -0.25) is 10.6 Å². The number of aryl methyl sites for hydroxylation is 1. The second kappa shape index (κ2) is 6.04. The lowest BCUT2D eigenvalue weighted by Gasteiger charge is -2.32. The maximum atomic E-state index is 12.5. The van der Waals surface area contributed by atoms with Crippen molar-refractivity contribution < 1.29 is 9.90 Å². The Kier molecular flexibility index (Phi) is 4.39. The van der Waals surface area contributed by atoms with Gasteiger partial charge in [0.05, 0.1) is 11.3 Å². The number of nitrogen functional groups attached to an aromatic ring is 1. The third kappa shape index (κ3) is 3.05. The summed E-state index contributed by atoms with van der Waals surface area (Å²) in [5.74, 6) is 5.63. The Hall–Kier alpha value is -1.59. The smallest absolute Gasteiger partial charge is 0.256 e. The lowest BCUT2D eigenvalue weighted by atomic mass is 9.98. The molecule has 104 valence electrons. The van der Waals surface area contributed by atoms with E-state index in [9.17, 15) is 9.90 Å². The fraction of sp³-hybridized carbons (Fsp3) is 0.500. The molecule has 0 spiro atoms. The van der Waals surface area contributed by atoms with Crippen LogP contribution in [0.2, 0.25) is 0 Å². The first-order valence-corrected chi connectivity index (χ1v) is 6.63. The number of carbonyl (C=O) groups excluding carboxylic acids is 1. The summed E-state index contributed by atoms with van der Waals surface area (Å²) < 4.78 is 0. The van der Waals surface area contributed by atoms with Gasteiger partial charge in [-0.15, -0.1) is 0 Å². The predicted molar refractivity (Wildman–Crippen MR) is 74.7 cm³/mol. The molecule has 1 aromatic carbocycles. The minimum absolute atomic E-state index is 0.0187. The molecule has 1 aromatic rings. The molecule has 1 aliphatic heterocycles. The van der Waals surface area contributed by atoms with Gasteiger partial charge >= 0.3 is 0 Å². The van der Waals surface area contributed by atoms with E-state index in [0.717, 1.165) is 24.9 Å². The van der Waals surface area contributed by atoms with Crippen LogP contribution in [0.25, 0.3) is 0 Å². The van der Waals surface area contributed by atoms with E-state index in [1.54, 1.807) is 4.90 Å². The van der Waals surface area contributed by atoms with E-state index in [1.165, 1.54) is 0 Å². The van der Waals surface area contributed by atoms with Crippen molar-refractivity contribution in [2.75, 3.05) is 25.1 Å². The summed E-state index contributed by atoms with van der Waals surface area (Å²) in [5, 5.41) is 9.24. The molecule has 4 N–H and O–H groups in total. The number of likely N-dealkylation sites (tertiary alicyclic amines) is 1. The van der Waals surface area contributed by atoms with Crippen LogP contribution in [0.3, 0.4) is 0 Å². The number of hydrogen-bond acceptors (Lipinski definition) is 4. The highest BCUT2D eigenvalue weighted by atomic mass is 16.3. The number of nitrogens with zero attached hydrogens (tertiary/aromatic N) is 1. The zero-order valence-electron chi connectivity index (χ0n) is 11.2. The molecule has 1 aliphatic rings. The number of benzene rings is 1. The van der Waals surface area contributed by atoms with E-state index in [4.69, 9.17) is 5.84 Å². The Balaban J connectivity index is 2.21. The van der Waals surface area contributed by atoms with Crippen molar-refractivity contribution in [3.63, 3.8) is 0 Å². The SMILES string of the molecule is Cc1ccc(NN)c(C(=O)N2CCCC(CO)C2)c1. The summed E-state index contributed by atoms with van der Waals surface area (Å²) in [5.41, 5.74) is 4.84. The van der Waals surface area contributed by atoms with Crippen LogP contribution < -0.4 is 11.3 Å². The second-order valence-corrected chi connectivity index (χ2v) is 5.14. The quantitative estimate of drug-likeness (QED) is 0.564. The third-order valence-electron chi connectivity index (χ3n) is 3.63. The molecule has 0 bridgehead atoms. The number of hydrazine groups is 1. The molecule has 1 fully saturated rings. The number of carbonyl (C=O) groups is 1. The highest BCUT2D eigenvalue weighted by molar-refractivity contribution is 5.99. The molecule has 0 radical (unpaired) electrons. The van der Waals surface area contributed by atoms with Crippen LogP contribution >= 0.6 is 0 Å². The van der Waals surface area contributed by atoms with Crippen molar-refractivity contribution in [1.29, 1.82) is 0 Å². The zero-order chi connectivity index (χ0) is 13.8. The molecule has 5 heteroatoms. The van der Waals surface area contributed by atoms with Gasteiger partial charge in [-0.2, -0.15) is 0 Å². The molecule has 1 heterocycles. The van der Waals surface area contributed by atoms with Gasteiger partial charge < -0.3 is 15.4 Å². The molecule has 19 heavy (non-hydrogen) atoms. The molecular weight excluding hydrogens is 242 g/mol. The first-order valence-electron chi connectivity index (χ1n) is 6.63. The third-order valence-corrected chi connectivity index (χ3v) is 3.63. The molecule has 1 saturated heterocycles. The van der Waals surface area contributed by atoms with E-state index in [0.29, 0.717) is 17.8 Å². The van der Waals surface area contributed by atoms with Crippen LogP contribution in [0, 0.1) is 12.8 Å². The summed E-state index contributed by atoms with van der Waals surface area (Å²) in [6, 6.07) is 5.58. The molecule has 2 rings (SSSR count).